The third-order valence-corrected chi connectivity index (χ3v) is 4.67. The summed E-state index contributed by atoms with van der Waals surface area (Å²) in [5.41, 5.74) is 0. The molecule has 2 aliphatic heterocycles. The van der Waals surface area contributed by atoms with Gasteiger partial charge in [0.25, 0.3) is 0 Å². The van der Waals surface area contributed by atoms with Gasteiger partial charge in [0.2, 0.25) is 5.91 Å². The molecule has 1 amide bonds. The van der Waals surface area contributed by atoms with Crippen molar-refractivity contribution in [2.45, 2.75) is 50.7 Å². The Morgan fingerprint density at radius 2 is 2.43 bits per heavy atom. The number of likely N-dealkylation sites (tertiary alicyclic amines) is 1. The first-order chi connectivity index (χ1) is 10.2. The van der Waals surface area contributed by atoms with Gasteiger partial charge in [0, 0.05) is 12.1 Å². The number of nitrogens with one attached hydrogen (secondary N) is 2. The zero-order chi connectivity index (χ0) is 14.7. The van der Waals surface area contributed by atoms with Crippen LogP contribution >= 0.6 is 0 Å². The summed E-state index contributed by atoms with van der Waals surface area (Å²) in [5.74, 6) is 0.891. The number of furan rings is 1. The van der Waals surface area contributed by atoms with Crippen molar-refractivity contribution in [2.75, 3.05) is 19.6 Å². The topological polar surface area (TPSA) is 57.5 Å². The Morgan fingerprint density at radius 1 is 1.52 bits per heavy atom. The molecule has 2 aliphatic rings. The summed E-state index contributed by atoms with van der Waals surface area (Å²) in [7, 11) is 0. The second kappa shape index (κ2) is 6.62. The lowest BCUT2D eigenvalue weighted by Crippen LogP contribution is -2.47. The maximum Gasteiger partial charge on any atom is 0.234 e. The fraction of sp³-hybridized carbons (Fsp3) is 0.688. The number of rotatable bonds is 5. The van der Waals surface area contributed by atoms with Crippen molar-refractivity contribution in [3.63, 3.8) is 0 Å². The van der Waals surface area contributed by atoms with Crippen molar-refractivity contribution in [1.82, 2.24) is 15.5 Å². The summed E-state index contributed by atoms with van der Waals surface area (Å²) >= 11 is 0. The van der Waals surface area contributed by atoms with Crippen LogP contribution in [-0.2, 0) is 4.79 Å². The number of hydrogen-bond acceptors (Lipinski definition) is 4. The molecule has 21 heavy (non-hydrogen) atoms. The lowest BCUT2D eigenvalue weighted by atomic mass is 10.0. The first-order valence-corrected chi connectivity index (χ1v) is 8.04. The molecule has 1 aromatic rings. The van der Waals surface area contributed by atoms with Gasteiger partial charge in [0.15, 0.2) is 0 Å². The Labute approximate surface area is 126 Å². The maximum absolute atomic E-state index is 12.3. The van der Waals surface area contributed by atoms with Crippen LogP contribution in [0.3, 0.4) is 0 Å². The molecule has 0 aromatic carbocycles. The maximum atomic E-state index is 12.3. The van der Waals surface area contributed by atoms with E-state index in [0.717, 1.165) is 18.8 Å². The summed E-state index contributed by atoms with van der Waals surface area (Å²) in [4.78, 5) is 14.6. The zero-order valence-corrected chi connectivity index (χ0v) is 12.7. The minimum Gasteiger partial charge on any atom is -0.467 e. The predicted molar refractivity (Wildman–Crippen MR) is 80.9 cm³/mol. The van der Waals surface area contributed by atoms with E-state index in [4.69, 9.17) is 4.42 Å². The van der Waals surface area contributed by atoms with Crippen LogP contribution in [0.25, 0.3) is 0 Å². The van der Waals surface area contributed by atoms with Gasteiger partial charge in [-0.1, -0.05) is 0 Å². The number of carbonyl (C=O) groups is 1. The number of hydrogen-bond donors (Lipinski definition) is 2. The lowest BCUT2D eigenvalue weighted by Gasteiger charge is -2.29. The molecular weight excluding hydrogens is 266 g/mol. The van der Waals surface area contributed by atoms with Gasteiger partial charge >= 0.3 is 0 Å². The Hall–Kier alpha value is -1.33. The average molecular weight is 291 g/mol. The molecule has 3 rings (SSSR count). The van der Waals surface area contributed by atoms with Crippen LogP contribution in [0.2, 0.25) is 0 Å². The predicted octanol–water partition coefficient (Wildman–Crippen LogP) is 1.67. The molecule has 0 bridgehead atoms. The number of carbonyl (C=O) groups excluding carboxylic acids is 1. The van der Waals surface area contributed by atoms with E-state index in [2.05, 4.69) is 15.5 Å². The average Bonchev–Trinajstić information content (AvgIpc) is 3.21. The third kappa shape index (κ3) is 3.47. The quantitative estimate of drug-likeness (QED) is 0.866. The standard InChI is InChI=1S/C16H25N3O2/c1-12(15-7-4-10-21-15)18-16(20)11-19-9-3-6-14(19)13-5-2-8-17-13/h4,7,10,12-14,17H,2-3,5-6,8-9,11H2,1H3,(H,18,20). The fourth-order valence-electron chi connectivity index (χ4n) is 3.62. The highest BCUT2D eigenvalue weighted by molar-refractivity contribution is 5.78. The van der Waals surface area contributed by atoms with E-state index in [1.165, 1.54) is 25.7 Å². The van der Waals surface area contributed by atoms with E-state index in [1.54, 1.807) is 6.26 Å². The molecular formula is C16H25N3O2. The van der Waals surface area contributed by atoms with Gasteiger partial charge in [-0.2, -0.15) is 0 Å². The molecule has 0 aliphatic carbocycles. The summed E-state index contributed by atoms with van der Waals surface area (Å²) in [6.45, 7) is 4.60. The smallest absolute Gasteiger partial charge is 0.234 e. The van der Waals surface area contributed by atoms with E-state index in [0.29, 0.717) is 18.6 Å². The lowest BCUT2D eigenvalue weighted by molar-refractivity contribution is -0.123. The fourth-order valence-corrected chi connectivity index (χ4v) is 3.62. The van der Waals surface area contributed by atoms with Crippen molar-refractivity contribution >= 4 is 5.91 Å². The first kappa shape index (κ1) is 14.6. The van der Waals surface area contributed by atoms with Crippen LogP contribution in [0.4, 0.5) is 0 Å². The second-order valence-electron chi connectivity index (χ2n) is 6.19. The van der Waals surface area contributed by atoms with E-state index < -0.39 is 0 Å². The van der Waals surface area contributed by atoms with Crippen molar-refractivity contribution in [1.29, 1.82) is 0 Å². The number of nitrogens with zero attached hydrogens (tertiary/aromatic N) is 1. The SMILES string of the molecule is CC(NC(=O)CN1CCCC1C1CCCN1)c1ccco1. The molecule has 116 valence electrons. The minimum absolute atomic E-state index is 0.0711. The van der Waals surface area contributed by atoms with E-state index >= 15 is 0 Å². The molecule has 0 saturated carbocycles. The monoisotopic (exact) mass is 291 g/mol. The molecule has 0 spiro atoms. The molecule has 5 heteroatoms. The Balaban J connectivity index is 1.51. The van der Waals surface area contributed by atoms with Crippen molar-refractivity contribution in [3.05, 3.63) is 24.2 Å². The molecule has 2 fully saturated rings. The molecule has 3 unspecified atom stereocenters. The first-order valence-electron chi connectivity index (χ1n) is 8.04. The van der Waals surface area contributed by atoms with Gasteiger partial charge < -0.3 is 15.1 Å². The zero-order valence-electron chi connectivity index (χ0n) is 12.7. The molecule has 2 saturated heterocycles. The Bertz CT molecular complexity index is 454. The van der Waals surface area contributed by atoms with Gasteiger partial charge in [-0.25, -0.2) is 0 Å². The highest BCUT2D eigenvalue weighted by Crippen LogP contribution is 2.24. The van der Waals surface area contributed by atoms with Crippen LogP contribution < -0.4 is 10.6 Å². The third-order valence-electron chi connectivity index (χ3n) is 4.67. The molecule has 3 heterocycles. The van der Waals surface area contributed by atoms with Crippen LogP contribution in [-0.4, -0.2) is 42.5 Å². The minimum atomic E-state index is -0.0711. The van der Waals surface area contributed by atoms with Gasteiger partial charge in [-0.05, 0) is 57.8 Å². The normalized spacial score (nSPS) is 27.9. The number of amides is 1. The highest BCUT2D eigenvalue weighted by atomic mass is 16.3. The van der Waals surface area contributed by atoms with Gasteiger partial charge in [-0.3, -0.25) is 9.69 Å². The molecule has 3 atom stereocenters. The molecule has 5 nitrogen and oxygen atoms in total. The Kier molecular flexibility index (Phi) is 4.60. The van der Waals surface area contributed by atoms with Crippen LogP contribution in [0, 0.1) is 0 Å². The molecule has 1 aromatic heterocycles. The van der Waals surface area contributed by atoms with Gasteiger partial charge in [0.1, 0.15) is 5.76 Å². The van der Waals surface area contributed by atoms with Crippen molar-refractivity contribution in [2.24, 2.45) is 0 Å². The Morgan fingerprint density at radius 3 is 3.14 bits per heavy atom. The van der Waals surface area contributed by atoms with E-state index in [9.17, 15) is 4.79 Å². The van der Waals surface area contributed by atoms with Gasteiger partial charge in [0.05, 0.1) is 18.8 Å². The largest absolute Gasteiger partial charge is 0.467 e. The molecule has 2 N–H and O–H groups in total. The van der Waals surface area contributed by atoms with Gasteiger partial charge in [-0.15, -0.1) is 0 Å². The van der Waals surface area contributed by atoms with E-state index in [1.807, 2.05) is 19.1 Å². The summed E-state index contributed by atoms with van der Waals surface area (Å²) in [5, 5.41) is 6.60. The van der Waals surface area contributed by atoms with E-state index in [-0.39, 0.29) is 11.9 Å². The second-order valence-corrected chi connectivity index (χ2v) is 6.19. The highest BCUT2D eigenvalue weighted by Gasteiger charge is 2.34. The molecule has 0 radical (unpaired) electrons. The summed E-state index contributed by atoms with van der Waals surface area (Å²) in [6, 6.07) is 4.77. The van der Waals surface area contributed by atoms with Crippen LogP contribution in [0.5, 0.6) is 0 Å². The van der Waals surface area contributed by atoms with Crippen molar-refractivity contribution in [3.8, 4) is 0 Å². The van der Waals surface area contributed by atoms with Crippen molar-refractivity contribution < 1.29 is 9.21 Å². The summed E-state index contributed by atoms with van der Waals surface area (Å²) < 4.78 is 5.33. The van der Waals surface area contributed by atoms with Crippen LogP contribution in [0.1, 0.15) is 44.4 Å². The summed E-state index contributed by atoms with van der Waals surface area (Å²) in [6.07, 6.45) is 6.55. The van der Waals surface area contributed by atoms with Crippen LogP contribution in [0.15, 0.2) is 22.8 Å².